The average Bonchev–Trinajstić information content (AvgIpc) is 3.11. The fourth-order valence-electron chi connectivity index (χ4n) is 3.08. The van der Waals surface area contributed by atoms with Gasteiger partial charge in [0.2, 0.25) is 5.16 Å². The molecule has 5 rings (SSSR count). The van der Waals surface area contributed by atoms with Crippen LogP contribution in [0.4, 0.5) is 0 Å². The zero-order valence-electron chi connectivity index (χ0n) is 14.7. The van der Waals surface area contributed by atoms with Gasteiger partial charge in [0, 0.05) is 21.7 Å². The van der Waals surface area contributed by atoms with Gasteiger partial charge in [0.25, 0.3) is 0 Å². The van der Waals surface area contributed by atoms with Crippen molar-refractivity contribution in [2.45, 2.75) is 12.1 Å². The Bertz CT molecular complexity index is 1310. The van der Waals surface area contributed by atoms with E-state index in [9.17, 15) is 4.79 Å². The summed E-state index contributed by atoms with van der Waals surface area (Å²) in [4.78, 5) is 12.5. The highest BCUT2D eigenvalue weighted by Crippen LogP contribution is 2.29. The number of aromatic nitrogens is 3. The quantitative estimate of drug-likeness (QED) is 0.460. The number of fused-ring (bicyclic) bond motifs is 2. The molecule has 2 aromatic heterocycles. The minimum atomic E-state index is -0.403. The fourth-order valence-corrected chi connectivity index (χ4v) is 4.04. The number of benzene rings is 2. The zero-order chi connectivity index (χ0) is 19.3. The van der Waals surface area contributed by atoms with Crippen molar-refractivity contribution in [3.63, 3.8) is 0 Å². The van der Waals surface area contributed by atoms with Crippen LogP contribution in [0.3, 0.4) is 0 Å². The topological polar surface area (TPSA) is 73.3 Å². The molecule has 28 heavy (non-hydrogen) atoms. The first kappa shape index (κ1) is 17.2. The molecule has 0 saturated carbocycles. The van der Waals surface area contributed by atoms with Gasteiger partial charge in [-0.3, -0.25) is 0 Å². The summed E-state index contributed by atoms with van der Waals surface area (Å²) >= 11 is 7.46. The highest BCUT2D eigenvalue weighted by Gasteiger charge is 2.23. The zero-order valence-corrected chi connectivity index (χ0v) is 16.3. The normalized spacial score (nSPS) is 13.4. The maximum atomic E-state index is 12.5. The summed E-state index contributed by atoms with van der Waals surface area (Å²) in [6, 6.07) is 14.9. The van der Waals surface area contributed by atoms with E-state index in [1.54, 1.807) is 16.8 Å². The fraction of sp³-hybridized carbons (Fsp3) is 0.100. The highest BCUT2D eigenvalue weighted by atomic mass is 35.5. The number of nitrogens with zero attached hydrogens (tertiary/aromatic N) is 4. The van der Waals surface area contributed by atoms with Gasteiger partial charge in [-0.2, -0.15) is 9.78 Å². The Morgan fingerprint density at radius 3 is 2.75 bits per heavy atom. The largest absolute Gasteiger partial charge is 0.422 e. The predicted octanol–water partition coefficient (Wildman–Crippen LogP) is 4.37. The third-order valence-corrected chi connectivity index (χ3v) is 5.65. The van der Waals surface area contributed by atoms with E-state index >= 15 is 0 Å². The molecule has 1 aliphatic heterocycles. The molecule has 0 radical (unpaired) electrons. The van der Waals surface area contributed by atoms with E-state index in [0.717, 1.165) is 16.5 Å². The molecule has 0 fully saturated rings. The van der Waals surface area contributed by atoms with Gasteiger partial charge in [0.1, 0.15) is 5.58 Å². The van der Waals surface area contributed by atoms with E-state index in [2.05, 4.69) is 15.3 Å². The lowest BCUT2D eigenvalue weighted by Crippen LogP contribution is -2.21. The van der Waals surface area contributed by atoms with Crippen molar-refractivity contribution >= 4 is 40.0 Å². The molecule has 0 unspecified atom stereocenters. The minimum Gasteiger partial charge on any atom is -0.422 e. The van der Waals surface area contributed by atoms with Gasteiger partial charge in [0.05, 0.1) is 11.3 Å². The lowest BCUT2D eigenvalue weighted by molar-refractivity contribution is 0.559. The number of halogens is 1. The monoisotopic (exact) mass is 408 g/mol. The Kier molecular flexibility index (Phi) is 4.07. The van der Waals surface area contributed by atoms with Gasteiger partial charge in [-0.05, 0) is 49.4 Å². The standard InChI is InChI=1S/C20H13ClN4O2S/c1-11-2-7-17-13(8-11)9-15(19(26)27-17)16-10-28-20-23-22-18(25(20)24-16)12-3-5-14(21)6-4-12/h2-9H,10H2,1H3. The summed E-state index contributed by atoms with van der Waals surface area (Å²) in [5.41, 5.74) is 3.18. The predicted molar refractivity (Wildman–Crippen MR) is 110 cm³/mol. The van der Waals surface area contributed by atoms with Gasteiger partial charge >= 0.3 is 5.63 Å². The van der Waals surface area contributed by atoms with Crippen molar-refractivity contribution in [2.75, 3.05) is 5.75 Å². The van der Waals surface area contributed by atoms with Crippen molar-refractivity contribution in [1.29, 1.82) is 0 Å². The van der Waals surface area contributed by atoms with Crippen LogP contribution in [-0.2, 0) is 0 Å². The second-order valence-corrected chi connectivity index (χ2v) is 7.83. The van der Waals surface area contributed by atoms with Crippen LogP contribution < -0.4 is 5.63 Å². The van der Waals surface area contributed by atoms with Crippen LogP contribution in [-0.4, -0.2) is 26.3 Å². The van der Waals surface area contributed by atoms with E-state index in [4.69, 9.17) is 16.0 Å². The van der Waals surface area contributed by atoms with Crippen molar-refractivity contribution in [1.82, 2.24) is 14.9 Å². The average molecular weight is 409 g/mol. The first-order chi connectivity index (χ1) is 13.6. The summed E-state index contributed by atoms with van der Waals surface area (Å²) in [5.74, 6) is 1.11. The highest BCUT2D eigenvalue weighted by molar-refractivity contribution is 7.99. The number of rotatable bonds is 2. The lowest BCUT2D eigenvalue weighted by atomic mass is 10.1. The van der Waals surface area contributed by atoms with E-state index < -0.39 is 5.63 Å². The molecule has 3 heterocycles. The first-order valence-electron chi connectivity index (χ1n) is 8.55. The number of hydrogen-bond acceptors (Lipinski definition) is 6. The summed E-state index contributed by atoms with van der Waals surface area (Å²) < 4.78 is 7.16. The van der Waals surface area contributed by atoms with Crippen molar-refractivity contribution < 1.29 is 4.42 Å². The molecule has 1 aliphatic rings. The minimum absolute atomic E-state index is 0.403. The molecule has 6 nitrogen and oxygen atoms in total. The third-order valence-electron chi connectivity index (χ3n) is 4.47. The molecule has 0 aliphatic carbocycles. The number of thioether (sulfide) groups is 1. The molecule has 0 spiro atoms. The second-order valence-electron chi connectivity index (χ2n) is 6.45. The second kappa shape index (κ2) is 6.61. The van der Waals surface area contributed by atoms with Gasteiger partial charge in [0.15, 0.2) is 5.82 Å². The third kappa shape index (κ3) is 2.93. The smallest absolute Gasteiger partial charge is 0.345 e. The molecule has 0 atom stereocenters. The number of hydrogen-bond donors (Lipinski definition) is 0. The summed E-state index contributed by atoms with van der Waals surface area (Å²) in [5, 5.41) is 15.3. The van der Waals surface area contributed by atoms with Crippen molar-refractivity contribution in [3.8, 4) is 11.4 Å². The van der Waals surface area contributed by atoms with Crippen LogP contribution in [0.5, 0.6) is 0 Å². The van der Waals surface area contributed by atoms with Crippen LogP contribution in [0.25, 0.3) is 22.4 Å². The SMILES string of the molecule is Cc1ccc2oc(=O)c(C3=Nn4c(nnc4-c4ccc(Cl)cc4)SC3)cc2c1. The van der Waals surface area contributed by atoms with Crippen LogP contribution >= 0.6 is 23.4 Å². The van der Waals surface area contributed by atoms with Crippen LogP contribution in [0.2, 0.25) is 5.02 Å². The molecule has 0 N–H and O–H groups in total. The van der Waals surface area contributed by atoms with Crippen LogP contribution in [0.1, 0.15) is 11.1 Å². The van der Waals surface area contributed by atoms with E-state index in [1.807, 2.05) is 43.3 Å². The Hall–Kier alpha value is -2.90. The van der Waals surface area contributed by atoms with E-state index in [-0.39, 0.29) is 0 Å². The number of aryl methyl sites for hydroxylation is 1. The van der Waals surface area contributed by atoms with E-state index in [1.165, 1.54) is 11.8 Å². The molecule has 2 aromatic carbocycles. The van der Waals surface area contributed by atoms with E-state index in [0.29, 0.717) is 38.6 Å². The Morgan fingerprint density at radius 2 is 1.93 bits per heavy atom. The van der Waals surface area contributed by atoms with Crippen LogP contribution in [0.15, 0.2) is 68.0 Å². The first-order valence-corrected chi connectivity index (χ1v) is 9.92. The molecule has 8 heteroatoms. The molecule has 138 valence electrons. The Morgan fingerprint density at radius 1 is 1.11 bits per heavy atom. The van der Waals surface area contributed by atoms with Gasteiger partial charge in [-0.25, -0.2) is 4.79 Å². The molecule has 0 bridgehead atoms. The Labute approximate surface area is 168 Å². The van der Waals surface area contributed by atoms with Gasteiger partial charge in [-0.15, -0.1) is 10.2 Å². The van der Waals surface area contributed by atoms with Gasteiger partial charge in [-0.1, -0.05) is 35.0 Å². The summed E-state index contributed by atoms with van der Waals surface area (Å²) in [6.45, 7) is 2.00. The molecule has 0 amide bonds. The van der Waals surface area contributed by atoms with Crippen molar-refractivity contribution in [2.24, 2.45) is 5.10 Å². The van der Waals surface area contributed by atoms with Crippen molar-refractivity contribution in [3.05, 3.63) is 75.1 Å². The lowest BCUT2D eigenvalue weighted by Gasteiger charge is -2.13. The summed E-state index contributed by atoms with van der Waals surface area (Å²) in [6.07, 6.45) is 0. The van der Waals surface area contributed by atoms with Gasteiger partial charge < -0.3 is 4.42 Å². The maximum absolute atomic E-state index is 12.5. The molecular weight excluding hydrogens is 396 g/mol. The molecule has 4 aromatic rings. The molecular formula is C20H13ClN4O2S. The maximum Gasteiger partial charge on any atom is 0.345 e. The molecule has 0 saturated heterocycles. The van der Waals surface area contributed by atoms with Crippen LogP contribution in [0, 0.1) is 6.92 Å². The summed E-state index contributed by atoms with van der Waals surface area (Å²) in [7, 11) is 0. The Balaban J connectivity index is 1.64.